The van der Waals surface area contributed by atoms with Gasteiger partial charge in [0.2, 0.25) is 0 Å². The number of methoxy groups -OCH3 is 1. The lowest BCUT2D eigenvalue weighted by Gasteiger charge is -2.21. The first-order chi connectivity index (χ1) is 26.2. The van der Waals surface area contributed by atoms with Gasteiger partial charge in [0.15, 0.2) is 11.5 Å². The van der Waals surface area contributed by atoms with Crippen LogP contribution in [-0.4, -0.2) is 59.1 Å². The highest BCUT2D eigenvalue weighted by Gasteiger charge is 2.19. The number of nitrogens with zero attached hydrogens (tertiary/aromatic N) is 5. The van der Waals surface area contributed by atoms with Crippen molar-refractivity contribution in [3.05, 3.63) is 106 Å². The second-order valence-corrected chi connectivity index (χ2v) is 13.0. The number of aromatic nitrogens is 3. The number of carbonyl (C=O) groups is 3. The number of hydrogen-bond donors (Lipinski definition) is 2. The molecule has 0 aliphatic carbocycles. The monoisotopic (exact) mass is 799 g/mol. The van der Waals surface area contributed by atoms with Gasteiger partial charge in [-0.1, -0.05) is 55.1 Å². The van der Waals surface area contributed by atoms with E-state index in [0.717, 1.165) is 59.1 Å². The van der Waals surface area contributed by atoms with E-state index in [1.807, 2.05) is 67.1 Å². The summed E-state index contributed by atoms with van der Waals surface area (Å²) in [5.74, 6) is 2.39. The van der Waals surface area contributed by atoms with Crippen molar-refractivity contribution in [3.8, 4) is 11.5 Å². The van der Waals surface area contributed by atoms with Crippen LogP contribution in [0.15, 0.2) is 94.5 Å². The van der Waals surface area contributed by atoms with Crippen LogP contribution in [0.5, 0.6) is 11.5 Å². The molecule has 0 spiro atoms. The van der Waals surface area contributed by atoms with Crippen LogP contribution in [-0.2, 0) is 23.1 Å². The highest BCUT2D eigenvalue weighted by molar-refractivity contribution is 9.10. The molecular formula is C40H46BrN7O6. The van der Waals surface area contributed by atoms with Crippen molar-refractivity contribution < 1.29 is 28.6 Å². The van der Waals surface area contributed by atoms with E-state index in [1.54, 1.807) is 41.4 Å². The third kappa shape index (κ3) is 11.6. The number of aliphatic imine (C=N–C) groups is 1. The number of nitrogens with two attached hydrogens (primary N) is 1. The summed E-state index contributed by atoms with van der Waals surface area (Å²) in [6, 6.07) is 23.7. The Bertz CT molecular complexity index is 2020. The highest BCUT2D eigenvalue weighted by atomic mass is 79.9. The number of unbranched alkanes of at least 4 members (excludes halogenated alkanes) is 3. The highest BCUT2D eigenvalue weighted by Crippen LogP contribution is 2.29. The maximum absolute atomic E-state index is 13.4. The van der Waals surface area contributed by atoms with Crippen LogP contribution in [0.1, 0.15) is 67.7 Å². The standard InChI is InChI=1S/C32H39N7O3.C8H7BrO3/c1-4-6-7-10-20-42-32(41)37-30(33)23-12-15-25(16-13-23)35-22-29-36-26-21-24(14-17-27(26)38(29)3)31(40)39(19-5-2)28-11-8-9-18-34-28;1-11-7-3-2-6(9)4-8(7)12-5-10/h8-9,11-18,21,35H,4-7,10,19-20,22H2,1-3H3,(H2,33,37,41);2-5H,1H3. The summed E-state index contributed by atoms with van der Waals surface area (Å²) in [6.07, 6.45) is 5.92. The van der Waals surface area contributed by atoms with Gasteiger partial charge >= 0.3 is 6.09 Å². The van der Waals surface area contributed by atoms with E-state index < -0.39 is 6.09 Å². The maximum Gasteiger partial charge on any atom is 0.435 e. The van der Waals surface area contributed by atoms with E-state index in [0.29, 0.717) is 54.6 Å². The molecule has 13 nitrogen and oxygen atoms in total. The Kier molecular flexibility index (Phi) is 16.0. The van der Waals surface area contributed by atoms with Gasteiger partial charge in [0.05, 0.1) is 31.3 Å². The minimum Gasteiger partial charge on any atom is -0.493 e. The fraction of sp³-hybridized carbons (Fsp3) is 0.300. The molecule has 0 saturated carbocycles. The normalized spacial score (nSPS) is 10.9. The first-order valence-electron chi connectivity index (χ1n) is 17.7. The van der Waals surface area contributed by atoms with Crippen molar-refractivity contribution in [2.45, 2.75) is 52.5 Å². The maximum atomic E-state index is 13.4. The number of anilines is 2. The Labute approximate surface area is 323 Å². The Morgan fingerprint density at radius 2 is 1.74 bits per heavy atom. The predicted octanol–water partition coefficient (Wildman–Crippen LogP) is 8.05. The molecule has 0 unspecified atom stereocenters. The number of hydrogen-bond acceptors (Lipinski definition) is 9. The molecule has 2 amide bonds. The number of ether oxygens (including phenoxy) is 3. The van der Waals surface area contributed by atoms with Crippen LogP contribution in [0.25, 0.3) is 11.0 Å². The number of imidazole rings is 1. The number of fused-ring (bicyclic) bond motifs is 1. The first-order valence-corrected chi connectivity index (χ1v) is 18.5. The molecule has 54 heavy (non-hydrogen) atoms. The quantitative estimate of drug-likeness (QED) is 0.0432. The van der Waals surface area contributed by atoms with Crippen molar-refractivity contribution in [1.82, 2.24) is 14.5 Å². The summed E-state index contributed by atoms with van der Waals surface area (Å²) < 4.78 is 17.6. The number of pyridine rings is 1. The van der Waals surface area contributed by atoms with Gasteiger partial charge in [-0.25, -0.2) is 14.8 Å². The zero-order valence-electron chi connectivity index (χ0n) is 31.0. The van der Waals surface area contributed by atoms with E-state index in [-0.39, 0.29) is 11.7 Å². The van der Waals surface area contributed by atoms with Crippen LogP contribution in [0.2, 0.25) is 0 Å². The Morgan fingerprint density at radius 1 is 0.963 bits per heavy atom. The average Bonchev–Trinajstić information content (AvgIpc) is 3.50. The minimum absolute atomic E-state index is 0.106. The molecule has 0 bridgehead atoms. The topological polar surface area (TPSA) is 163 Å². The van der Waals surface area contributed by atoms with Gasteiger partial charge in [-0.05, 0) is 85.6 Å². The molecule has 284 valence electrons. The van der Waals surface area contributed by atoms with Crippen LogP contribution >= 0.6 is 15.9 Å². The third-order valence-corrected chi connectivity index (χ3v) is 8.70. The number of amides is 2. The van der Waals surface area contributed by atoms with E-state index in [9.17, 15) is 14.4 Å². The molecule has 0 radical (unpaired) electrons. The van der Waals surface area contributed by atoms with Gasteiger partial charge in [0.25, 0.3) is 12.4 Å². The van der Waals surface area contributed by atoms with Crippen molar-refractivity contribution in [3.63, 3.8) is 0 Å². The van der Waals surface area contributed by atoms with Crippen molar-refractivity contribution in [1.29, 1.82) is 0 Å². The molecule has 5 rings (SSSR count). The molecule has 0 fully saturated rings. The predicted molar refractivity (Wildman–Crippen MR) is 214 cm³/mol. The summed E-state index contributed by atoms with van der Waals surface area (Å²) in [7, 11) is 3.47. The Hall–Kier alpha value is -5.76. The zero-order chi connectivity index (χ0) is 38.9. The zero-order valence-corrected chi connectivity index (χ0v) is 32.5. The second kappa shape index (κ2) is 21.1. The van der Waals surface area contributed by atoms with E-state index in [4.69, 9.17) is 20.2 Å². The molecule has 0 atom stereocenters. The Morgan fingerprint density at radius 3 is 2.43 bits per heavy atom. The molecule has 3 N–H and O–H groups in total. The Balaban J connectivity index is 0.000000460. The minimum atomic E-state index is -0.673. The molecular weight excluding hydrogens is 754 g/mol. The van der Waals surface area contributed by atoms with Crippen molar-refractivity contribution in [2.75, 3.05) is 30.5 Å². The SMILES string of the molecule is CCCCCCOC(=O)/N=C(\N)c1ccc(NCc2nc3cc(C(=O)N(CCC)c4ccccn4)ccc3n2C)cc1.COc1ccc(Br)cc1OC=O. The van der Waals surface area contributed by atoms with Gasteiger partial charge < -0.3 is 29.8 Å². The summed E-state index contributed by atoms with van der Waals surface area (Å²) in [5.41, 5.74) is 9.74. The molecule has 0 aliphatic rings. The summed E-state index contributed by atoms with van der Waals surface area (Å²) >= 11 is 3.24. The molecule has 2 heterocycles. The molecule has 14 heteroatoms. The second-order valence-electron chi connectivity index (χ2n) is 12.0. The number of rotatable bonds is 16. The van der Waals surface area contributed by atoms with Crippen LogP contribution < -0.4 is 25.4 Å². The number of amidine groups is 1. The fourth-order valence-corrected chi connectivity index (χ4v) is 5.71. The first kappa shape index (κ1) is 41.0. The fourth-order valence-electron chi connectivity index (χ4n) is 5.37. The van der Waals surface area contributed by atoms with Gasteiger partial charge in [0.1, 0.15) is 17.5 Å². The van der Waals surface area contributed by atoms with E-state index >= 15 is 0 Å². The number of carbonyl (C=O) groups excluding carboxylic acids is 3. The van der Waals surface area contributed by atoms with Crippen LogP contribution in [0.4, 0.5) is 16.3 Å². The lowest BCUT2D eigenvalue weighted by molar-refractivity contribution is -0.120. The molecule has 5 aromatic rings. The summed E-state index contributed by atoms with van der Waals surface area (Å²) in [5, 5.41) is 3.37. The van der Waals surface area contributed by atoms with Gasteiger partial charge in [0, 0.05) is 41.1 Å². The molecule has 0 aliphatic heterocycles. The average molecular weight is 801 g/mol. The van der Waals surface area contributed by atoms with Crippen molar-refractivity contribution >= 4 is 62.8 Å². The summed E-state index contributed by atoms with van der Waals surface area (Å²) in [4.78, 5) is 50.1. The summed E-state index contributed by atoms with van der Waals surface area (Å²) in [6.45, 7) is 5.92. The van der Waals surface area contributed by atoms with E-state index in [2.05, 4.69) is 42.9 Å². The third-order valence-electron chi connectivity index (χ3n) is 8.21. The molecule has 3 aromatic carbocycles. The lowest BCUT2D eigenvalue weighted by atomic mass is 10.1. The van der Waals surface area contributed by atoms with Crippen LogP contribution in [0.3, 0.4) is 0 Å². The number of halogens is 1. The largest absolute Gasteiger partial charge is 0.493 e. The van der Waals surface area contributed by atoms with E-state index in [1.165, 1.54) is 7.11 Å². The lowest BCUT2D eigenvalue weighted by Crippen LogP contribution is -2.32. The number of nitrogens with one attached hydrogen (secondary N) is 1. The number of benzene rings is 3. The molecule has 0 saturated heterocycles. The van der Waals surface area contributed by atoms with Gasteiger partial charge in [-0.3, -0.25) is 14.5 Å². The smallest absolute Gasteiger partial charge is 0.435 e. The van der Waals surface area contributed by atoms with Gasteiger partial charge in [-0.15, -0.1) is 0 Å². The van der Waals surface area contributed by atoms with Crippen LogP contribution in [0, 0.1) is 0 Å². The van der Waals surface area contributed by atoms with Gasteiger partial charge in [-0.2, -0.15) is 4.99 Å². The molecule has 2 aromatic heterocycles. The van der Waals surface area contributed by atoms with Crippen molar-refractivity contribution in [2.24, 2.45) is 17.8 Å². The number of aryl methyl sites for hydroxylation is 1.